The highest BCUT2D eigenvalue weighted by Crippen LogP contribution is 2.28. The van der Waals surface area contributed by atoms with Gasteiger partial charge in [0.25, 0.3) is 5.91 Å². The van der Waals surface area contributed by atoms with Gasteiger partial charge in [-0.2, -0.15) is 10.2 Å². The molecule has 0 unspecified atom stereocenters. The number of carbonyl (C=O) groups is 1. The molecule has 1 aromatic heterocycles. The Labute approximate surface area is 170 Å². The average molecular weight is 391 g/mol. The van der Waals surface area contributed by atoms with Gasteiger partial charge in [0.05, 0.1) is 18.5 Å². The summed E-state index contributed by atoms with van der Waals surface area (Å²) in [5, 5.41) is 11.0. The monoisotopic (exact) mass is 391 g/mol. The minimum absolute atomic E-state index is 0.324. The van der Waals surface area contributed by atoms with Crippen LogP contribution in [0.25, 0.3) is 11.3 Å². The molecule has 3 aromatic rings. The largest absolute Gasteiger partial charge is 0.493 e. The summed E-state index contributed by atoms with van der Waals surface area (Å²) in [6, 6.07) is 17.2. The lowest BCUT2D eigenvalue weighted by Gasteiger charge is -2.11. The Balaban J connectivity index is 1.65. The number of hydrogen-bond acceptors (Lipinski definition) is 5. The molecule has 0 spiro atoms. The van der Waals surface area contributed by atoms with Gasteiger partial charge >= 0.3 is 0 Å². The number of carbonyl (C=O) groups excluding carboxylic acids is 1. The van der Waals surface area contributed by atoms with Crippen LogP contribution in [-0.4, -0.2) is 43.0 Å². The first-order valence-corrected chi connectivity index (χ1v) is 9.47. The molecule has 0 saturated carbocycles. The van der Waals surface area contributed by atoms with Crippen LogP contribution in [0, 0.1) is 0 Å². The van der Waals surface area contributed by atoms with Crippen LogP contribution in [-0.2, 0) is 0 Å². The van der Waals surface area contributed by atoms with Crippen LogP contribution in [0.2, 0.25) is 0 Å². The normalized spacial score (nSPS) is 10.9. The Morgan fingerprint density at radius 3 is 2.69 bits per heavy atom. The molecule has 0 aliphatic heterocycles. The fourth-order valence-electron chi connectivity index (χ4n) is 2.68. The van der Waals surface area contributed by atoms with E-state index >= 15 is 0 Å². The van der Waals surface area contributed by atoms with Crippen LogP contribution < -0.4 is 15.1 Å². The predicted octanol–water partition coefficient (Wildman–Crippen LogP) is 3.70. The second-order valence-electron chi connectivity index (χ2n) is 6.70. The van der Waals surface area contributed by atoms with E-state index in [2.05, 4.69) is 27.6 Å². The number of para-hydroxylation sites is 1. The maximum Gasteiger partial charge on any atom is 0.289 e. The third-order valence-electron chi connectivity index (χ3n) is 4.24. The number of aromatic amines is 1. The SMILES string of the molecule is CCCOc1ccccc1-c1cc(C(=O)N/N=C/c2ccc(N(C)C)cc2)[nH]n1. The topological polar surface area (TPSA) is 82.6 Å². The number of rotatable bonds is 8. The second kappa shape index (κ2) is 9.54. The molecule has 0 atom stereocenters. The van der Waals surface area contributed by atoms with E-state index in [9.17, 15) is 4.79 Å². The summed E-state index contributed by atoms with van der Waals surface area (Å²) < 4.78 is 5.77. The number of amides is 1. The molecule has 7 heteroatoms. The number of nitrogens with one attached hydrogen (secondary N) is 2. The van der Waals surface area contributed by atoms with Gasteiger partial charge in [-0.15, -0.1) is 0 Å². The van der Waals surface area contributed by atoms with Gasteiger partial charge in [-0.3, -0.25) is 9.89 Å². The number of aromatic nitrogens is 2. The zero-order valence-corrected chi connectivity index (χ0v) is 16.8. The van der Waals surface area contributed by atoms with Gasteiger partial charge in [0.1, 0.15) is 11.4 Å². The zero-order chi connectivity index (χ0) is 20.6. The number of nitrogens with zero attached hydrogens (tertiary/aromatic N) is 3. The van der Waals surface area contributed by atoms with E-state index in [1.165, 1.54) is 0 Å². The van der Waals surface area contributed by atoms with Gasteiger partial charge in [0.15, 0.2) is 0 Å². The summed E-state index contributed by atoms with van der Waals surface area (Å²) in [5.41, 5.74) is 6.31. The molecule has 3 rings (SSSR count). The Kier molecular flexibility index (Phi) is 6.63. The maximum absolute atomic E-state index is 12.3. The molecule has 0 fully saturated rings. The summed E-state index contributed by atoms with van der Waals surface area (Å²) >= 11 is 0. The Morgan fingerprint density at radius 1 is 1.21 bits per heavy atom. The van der Waals surface area contributed by atoms with Gasteiger partial charge in [-0.05, 0) is 42.3 Å². The number of benzene rings is 2. The van der Waals surface area contributed by atoms with Gasteiger partial charge in [-0.1, -0.05) is 31.2 Å². The lowest BCUT2D eigenvalue weighted by atomic mass is 10.1. The van der Waals surface area contributed by atoms with Crippen LogP contribution in [0.3, 0.4) is 0 Å². The predicted molar refractivity (Wildman–Crippen MR) is 116 cm³/mol. The van der Waals surface area contributed by atoms with Gasteiger partial charge in [0.2, 0.25) is 0 Å². The van der Waals surface area contributed by atoms with E-state index in [4.69, 9.17) is 4.74 Å². The zero-order valence-electron chi connectivity index (χ0n) is 16.8. The Bertz CT molecular complexity index is 977. The molecular formula is C22H25N5O2. The highest BCUT2D eigenvalue weighted by atomic mass is 16.5. The molecule has 7 nitrogen and oxygen atoms in total. The van der Waals surface area contributed by atoms with Crippen molar-refractivity contribution in [2.45, 2.75) is 13.3 Å². The molecule has 0 radical (unpaired) electrons. The van der Waals surface area contributed by atoms with E-state index in [1.54, 1.807) is 12.3 Å². The van der Waals surface area contributed by atoms with Crippen LogP contribution in [0.1, 0.15) is 29.4 Å². The van der Waals surface area contributed by atoms with Gasteiger partial charge in [-0.25, -0.2) is 5.43 Å². The minimum Gasteiger partial charge on any atom is -0.493 e. The first-order chi connectivity index (χ1) is 14.1. The minimum atomic E-state index is -0.364. The lowest BCUT2D eigenvalue weighted by Crippen LogP contribution is -2.18. The van der Waals surface area contributed by atoms with Gasteiger partial charge in [0, 0.05) is 25.3 Å². The quantitative estimate of drug-likeness (QED) is 0.453. The van der Waals surface area contributed by atoms with E-state index in [1.807, 2.05) is 67.5 Å². The van der Waals surface area contributed by atoms with E-state index in [0.29, 0.717) is 18.0 Å². The van der Waals surface area contributed by atoms with Crippen LogP contribution >= 0.6 is 0 Å². The molecule has 1 amide bonds. The third-order valence-corrected chi connectivity index (χ3v) is 4.24. The molecule has 1 heterocycles. The van der Waals surface area contributed by atoms with Crippen molar-refractivity contribution in [1.29, 1.82) is 0 Å². The third kappa shape index (κ3) is 5.22. The number of hydrogen-bond donors (Lipinski definition) is 2. The van der Waals surface area contributed by atoms with E-state index < -0.39 is 0 Å². The first kappa shape index (κ1) is 20.1. The van der Waals surface area contributed by atoms with E-state index in [-0.39, 0.29) is 5.91 Å². The van der Waals surface area contributed by atoms with Gasteiger partial charge < -0.3 is 9.64 Å². The van der Waals surface area contributed by atoms with Crippen molar-refractivity contribution in [3.05, 3.63) is 65.9 Å². The van der Waals surface area contributed by atoms with Crippen molar-refractivity contribution >= 4 is 17.8 Å². The first-order valence-electron chi connectivity index (χ1n) is 9.47. The molecule has 2 aromatic carbocycles. The molecule has 0 aliphatic carbocycles. The van der Waals surface area contributed by atoms with Crippen molar-refractivity contribution in [1.82, 2.24) is 15.6 Å². The number of anilines is 1. The molecule has 0 aliphatic rings. The second-order valence-corrected chi connectivity index (χ2v) is 6.70. The molecule has 0 bridgehead atoms. The highest BCUT2D eigenvalue weighted by Gasteiger charge is 2.13. The summed E-state index contributed by atoms with van der Waals surface area (Å²) in [7, 11) is 3.96. The van der Waals surface area contributed by atoms with Crippen molar-refractivity contribution in [3.63, 3.8) is 0 Å². The molecule has 2 N–H and O–H groups in total. The van der Waals surface area contributed by atoms with Crippen LogP contribution in [0.4, 0.5) is 5.69 Å². The molecular weight excluding hydrogens is 366 g/mol. The summed E-state index contributed by atoms with van der Waals surface area (Å²) in [4.78, 5) is 14.4. The van der Waals surface area contributed by atoms with Crippen molar-refractivity contribution in [2.24, 2.45) is 5.10 Å². The Hall–Kier alpha value is -3.61. The fourth-order valence-corrected chi connectivity index (χ4v) is 2.68. The number of ether oxygens (including phenoxy) is 1. The summed E-state index contributed by atoms with van der Waals surface area (Å²) in [6.45, 7) is 2.68. The van der Waals surface area contributed by atoms with Crippen LogP contribution in [0.15, 0.2) is 59.7 Å². The van der Waals surface area contributed by atoms with Crippen molar-refractivity contribution < 1.29 is 9.53 Å². The number of H-pyrrole nitrogens is 1. The van der Waals surface area contributed by atoms with Crippen LogP contribution in [0.5, 0.6) is 5.75 Å². The van der Waals surface area contributed by atoms with E-state index in [0.717, 1.165) is 29.0 Å². The molecule has 150 valence electrons. The maximum atomic E-state index is 12.3. The standard InChI is InChI=1S/C22H25N5O2/c1-4-13-29-21-8-6-5-7-18(21)19-14-20(25-24-19)22(28)26-23-15-16-9-11-17(12-10-16)27(2)3/h5-12,14-15H,4,13H2,1-3H3,(H,24,25)(H,26,28)/b23-15+. The summed E-state index contributed by atoms with van der Waals surface area (Å²) in [6.07, 6.45) is 2.51. The lowest BCUT2D eigenvalue weighted by molar-refractivity contribution is 0.0950. The highest BCUT2D eigenvalue weighted by molar-refractivity contribution is 5.94. The fraction of sp³-hybridized carbons (Fsp3) is 0.227. The summed E-state index contributed by atoms with van der Waals surface area (Å²) in [5.74, 6) is 0.379. The Morgan fingerprint density at radius 2 is 1.97 bits per heavy atom. The van der Waals surface area contributed by atoms with Crippen molar-refractivity contribution in [2.75, 3.05) is 25.6 Å². The molecule has 0 saturated heterocycles. The molecule has 29 heavy (non-hydrogen) atoms. The number of hydrazone groups is 1. The smallest absolute Gasteiger partial charge is 0.289 e. The average Bonchev–Trinajstić information content (AvgIpc) is 3.23. The van der Waals surface area contributed by atoms with Crippen molar-refractivity contribution in [3.8, 4) is 17.0 Å².